The molecule has 11 heavy (non-hydrogen) atoms. The molecule has 0 unspecified atom stereocenters. The van der Waals surface area contributed by atoms with Gasteiger partial charge in [0, 0.05) is 6.42 Å². The van der Waals surface area contributed by atoms with E-state index < -0.39 is 0 Å². The van der Waals surface area contributed by atoms with E-state index in [4.69, 9.17) is 0 Å². The van der Waals surface area contributed by atoms with Gasteiger partial charge in [0.2, 0.25) is 0 Å². The molecule has 0 aromatic rings. The molecule has 0 aromatic carbocycles. The molecule has 3 heteroatoms. The van der Waals surface area contributed by atoms with E-state index in [9.17, 15) is 4.79 Å². The number of hydrogen-bond acceptors (Lipinski definition) is 3. The maximum absolute atomic E-state index is 10.8. The minimum Gasteiger partial charge on any atom is -0.469 e. The summed E-state index contributed by atoms with van der Waals surface area (Å²) in [7, 11) is 1.43. The monoisotopic (exact) mass is 174 g/mol. The lowest BCUT2D eigenvalue weighted by molar-refractivity contribution is -0.141. The van der Waals surface area contributed by atoms with Crippen LogP contribution in [0.3, 0.4) is 0 Å². The van der Waals surface area contributed by atoms with Gasteiger partial charge in [-0.3, -0.25) is 4.79 Å². The zero-order valence-corrected chi connectivity index (χ0v) is 7.69. The largest absolute Gasteiger partial charge is 0.469 e. The number of hydrogen-bond donors (Lipinski definition) is 1. The standard InChI is InChI=1S/C8H14O2S/c1-10-7(9)2-3-8(6-11)4-5-8/h11H,2-6H2,1H3. The van der Waals surface area contributed by atoms with Crippen molar-refractivity contribution in [2.24, 2.45) is 5.41 Å². The molecule has 0 aromatic heterocycles. The van der Waals surface area contributed by atoms with Crippen LogP contribution in [-0.2, 0) is 9.53 Å². The number of carbonyl (C=O) groups excluding carboxylic acids is 1. The summed E-state index contributed by atoms with van der Waals surface area (Å²) in [6, 6.07) is 0. The topological polar surface area (TPSA) is 26.3 Å². The normalized spacial score (nSPS) is 19.5. The quantitative estimate of drug-likeness (QED) is 0.518. The van der Waals surface area contributed by atoms with Gasteiger partial charge in [0.15, 0.2) is 0 Å². The fourth-order valence-corrected chi connectivity index (χ4v) is 1.61. The summed E-state index contributed by atoms with van der Waals surface area (Å²) in [6.45, 7) is 0. The highest BCUT2D eigenvalue weighted by Gasteiger charge is 2.40. The van der Waals surface area contributed by atoms with Gasteiger partial charge in [-0.2, -0.15) is 12.6 Å². The zero-order chi connectivity index (χ0) is 8.32. The Morgan fingerprint density at radius 3 is 2.64 bits per heavy atom. The Bertz CT molecular complexity index is 152. The third-order valence-electron chi connectivity index (χ3n) is 2.38. The van der Waals surface area contributed by atoms with Crippen LogP contribution >= 0.6 is 12.6 Å². The summed E-state index contributed by atoms with van der Waals surface area (Å²) in [4.78, 5) is 10.8. The molecule has 0 spiro atoms. The van der Waals surface area contributed by atoms with E-state index in [-0.39, 0.29) is 5.97 Å². The van der Waals surface area contributed by atoms with Crippen molar-refractivity contribution >= 4 is 18.6 Å². The van der Waals surface area contributed by atoms with E-state index in [1.54, 1.807) is 0 Å². The van der Waals surface area contributed by atoms with Gasteiger partial charge < -0.3 is 4.74 Å². The van der Waals surface area contributed by atoms with Crippen molar-refractivity contribution in [3.63, 3.8) is 0 Å². The summed E-state index contributed by atoms with van der Waals surface area (Å²) in [5.74, 6) is 0.808. The van der Waals surface area contributed by atoms with E-state index in [1.807, 2.05) is 0 Å². The number of rotatable bonds is 4. The Labute approximate surface area is 72.7 Å². The number of methoxy groups -OCH3 is 1. The molecule has 1 aliphatic rings. The van der Waals surface area contributed by atoms with Gasteiger partial charge >= 0.3 is 5.97 Å². The van der Waals surface area contributed by atoms with Crippen LogP contribution in [0.2, 0.25) is 0 Å². The first kappa shape index (κ1) is 8.91. The highest BCUT2D eigenvalue weighted by atomic mass is 32.1. The first-order valence-corrected chi connectivity index (χ1v) is 4.53. The molecule has 0 N–H and O–H groups in total. The fourth-order valence-electron chi connectivity index (χ4n) is 1.13. The lowest BCUT2D eigenvalue weighted by atomic mass is 10.0. The second-order valence-corrected chi connectivity index (χ2v) is 3.55. The molecule has 0 atom stereocenters. The minimum atomic E-state index is -0.0990. The first-order chi connectivity index (χ1) is 5.22. The third kappa shape index (κ3) is 2.40. The summed E-state index contributed by atoms with van der Waals surface area (Å²) >= 11 is 4.24. The van der Waals surface area contributed by atoms with E-state index in [0.29, 0.717) is 11.8 Å². The van der Waals surface area contributed by atoms with E-state index in [0.717, 1.165) is 12.2 Å². The molecule has 1 rings (SSSR count). The van der Waals surface area contributed by atoms with Gasteiger partial charge in [0.05, 0.1) is 7.11 Å². The average molecular weight is 174 g/mol. The Morgan fingerprint density at radius 2 is 2.27 bits per heavy atom. The molecule has 64 valence electrons. The lowest BCUT2D eigenvalue weighted by Crippen LogP contribution is -2.07. The summed E-state index contributed by atoms with van der Waals surface area (Å²) in [5, 5.41) is 0. The van der Waals surface area contributed by atoms with E-state index in [2.05, 4.69) is 17.4 Å². The first-order valence-electron chi connectivity index (χ1n) is 3.90. The van der Waals surface area contributed by atoms with E-state index >= 15 is 0 Å². The van der Waals surface area contributed by atoms with Crippen molar-refractivity contribution in [2.45, 2.75) is 25.7 Å². The van der Waals surface area contributed by atoms with Crippen molar-refractivity contribution in [2.75, 3.05) is 12.9 Å². The fraction of sp³-hybridized carbons (Fsp3) is 0.875. The lowest BCUT2D eigenvalue weighted by Gasteiger charge is -2.09. The molecule has 0 aliphatic heterocycles. The maximum atomic E-state index is 10.8. The second kappa shape index (κ2) is 3.48. The van der Waals surface area contributed by atoms with Crippen LogP contribution in [-0.4, -0.2) is 18.8 Å². The second-order valence-electron chi connectivity index (χ2n) is 3.23. The van der Waals surface area contributed by atoms with Gasteiger partial charge in [-0.15, -0.1) is 0 Å². The highest BCUT2D eigenvalue weighted by molar-refractivity contribution is 7.80. The van der Waals surface area contributed by atoms with Crippen molar-refractivity contribution in [3.8, 4) is 0 Å². The summed E-state index contributed by atoms with van der Waals surface area (Å²) in [6.07, 6.45) is 3.96. The molecule has 0 amide bonds. The van der Waals surface area contributed by atoms with Crippen molar-refractivity contribution < 1.29 is 9.53 Å². The van der Waals surface area contributed by atoms with Gasteiger partial charge in [0.25, 0.3) is 0 Å². The van der Waals surface area contributed by atoms with Crippen LogP contribution in [0.1, 0.15) is 25.7 Å². The van der Waals surface area contributed by atoms with Crippen molar-refractivity contribution in [3.05, 3.63) is 0 Å². The van der Waals surface area contributed by atoms with Crippen LogP contribution < -0.4 is 0 Å². The number of thiol groups is 1. The smallest absolute Gasteiger partial charge is 0.305 e. The van der Waals surface area contributed by atoms with Gasteiger partial charge in [-0.05, 0) is 30.4 Å². The molecule has 1 fully saturated rings. The summed E-state index contributed by atoms with van der Waals surface area (Å²) < 4.78 is 4.55. The van der Waals surface area contributed by atoms with Crippen LogP contribution in [0, 0.1) is 5.41 Å². The van der Waals surface area contributed by atoms with Crippen LogP contribution in [0.25, 0.3) is 0 Å². The van der Waals surface area contributed by atoms with Crippen LogP contribution in [0.5, 0.6) is 0 Å². The minimum absolute atomic E-state index is 0.0990. The number of esters is 1. The molecular formula is C8H14O2S. The molecule has 0 bridgehead atoms. The maximum Gasteiger partial charge on any atom is 0.305 e. The Hall–Kier alpha value is -0.180. The average Bonchev–Trinajstić information content (AvgIpc) is 2.81. The molecular weight excluding hydrogens is 160 g/mol. The molecule has 1 saturated carbocycles. The molecule has 1 aliphatic carbocycles. The Kier molecular flexibility index (Phi) is 2.82. The third-order valence-corrected chi connectivity index (χ3v) is 3.05. The molecule has 0 heterocycles. The molecule has 2 nitrogen and oxygen atoms in total. The SMILES string of the molecule is COC(=O)CCC1(CS)CC1. The van der Waals surface area contributed by atoms with Gasteiger partial charge in [-0.25, -0.2) is 0 Å². The van der Waals surface area contributed by atoms with Crippen LogP contribution in [0.4, 0.5) is 0 Å². The van der Waals surface area contributed by atoms with E-state index in [1.165, 1.54) is 20.0 Å². The Morgan fingerprint density at radius 1 is 1.64 bits per heavy atom. The number of ether oxygens (including phenoxy) is 1. The van der Waals surface area contributed by atoms with Gasteiger partial charge in [-0.1, -0.05) is 0 Å². The van der Waals surface area contributed by atoms with Crippen molar-refractivity contribution in [1.29, 1.82) is 0 Å². The summed E-state index contributed by atoms with van der Waals surface area (Å²) in [5.41, 5.74) is 0.386. The predicted octanol–water partition coefficient (Wildman–Crippen LogP) is 1.65. The molecule has 0 radical (unpaired) electrons. The highest BCUT2D eigenvalue weighted by Crippen LogP contribution is 2.50. The Balaban J connectivity index is 2.16. The van der Waals surface area contributed by atoms with Crippen molar-refractivity contribution in [1.82, 2.24) is 0 Å². The van der Waals surface area contributed by atoms with Crippen LogP contribution in [0.15, 0.2) is 0 Å². The van der Waals surface area contributed by atoms with Gasteiger partial charge in [0.1, 0.15) is 0 Å². The number of carbonyl (C=O) groups is 1. The predicted molar refractivity (Wildman–Crippen MR) is 46.8 cm³/mol. The zero-order valence-electron chi connectivity index (χ0n) is 6.80. The molecule has 0 saturated heterocycles.